The summed E-state index contributed by atoms with van der Waals surface area (Å²) in [5.41, 5.74) is 1.82. The first-order chi connectivity index (χ1) is 10.2. The summed E-state index contributed by atoms with van der Waals surface area (Å²) in [5, 5.41) is 0. The Morgan fingerprint density at radius 2 is 2.38 bits per heavy atom. The van der Waals surface area contributed by atoms with Crippen LogP contribution >= 0.6 is 0 Å². The lowest BCUT2D eigenvalue weighted by atomic mass is 10.2. The van der Waals surface area contributed by atoms with Crippen molar-refractivity contribution in [1.29, 1.82) is 0 Å². The smallest absolute Gasteiger partial charge is 0.224 e. The number of carbonyl (C=O) groups excluding carboxylic acids is 1. The zero-order valence-corrected chi connectivity index (χ0v) is 12.5. The first-order valence-electron chi connectivity index (χ1n) is 7.27. The number of carbonyl (C=O) groups is 1. The number of aromatic nitrogens is 3. The highest BCUT2D eigenvalue weighted by molar-refractivity contribution is 5.77. The lowest BCUT2D eigenvalue weighted by Gasteiger charge is -2.18. The fourth-order valence-electron chi connectivity index (χ4n) is 3.01. The lowest BCUT2D eigenvalue weighted by Crippen LogP contribution is -2.29. The molecule has 6 heteroatoms. The van der Waals surface area contributed by atoms with Crippen LogP contribution in [-0.2, 0) is 9.53 Å². The molecule has 0 radical (unpaired) electrons. The van der Waals surface area contributed by atoms with Gasteiger partial charge in [0, 0.05) is 26.4 Å². The second kappa shape index (κ2) is 5.81. The average Bonchev–Trinajstić information content (AvgIpc) is 3.07. The van der Waals surface area contributed by atoms with Crippen LogP contribution in [0.4, 0.5) is 0 Å². The second-order valence-electron chi connectivity index (χ2n) is 5.40. The quantitative estimate of drug-likeness (QED) is 0.856. The Morgan fingerprint density at radius 3 is 3.19 bits per heavy atom. The van der Waals surface area contributed by atoms with Crippen LogP contribution in [0.3, 0.4) is 0 Å². The minimum atomic E-state index is 0.161. The standard InChI is InChI=1S/C15H20N4O2/c1-11-17-13-4-3-7-16-15(13)19(11)12-5-8-18(10-12)14(20)6-9-21-2/h3-4,7,12H,5-6,8-10H2,1-2H3/t12-/m0/s1. The molecule has 21 heavy (non-hydrogen) atoms. The highest BCUT2D eigenvalue weighted by Crippen LogP contribution is 2.27. The molecule has 0 bridgehead atoms. The normalized spacial score (nSPS) is 18.6. The van der Waals surface area contributed by atoms with Crippen molar-refractivity contribution in [2.75, 3.05) is 26.8 Å². The zero-order valence-electron chi connectivity index (χ0n) is 12.5. The third-order valence-electron chi connectivity index (χ3n) is 4.03. The number of aryl methyl sites for hydroxylation is 1. The molecule has 2 aromatic rings. The van der Waals surface area contributed by atoms with Gasteiger partial charge in [0.2, 0.25) is 5.91 Å². The topological polar surface area (TPSA) is 60.2 Å². The Balaban J connectivity index is 1.79. The lowest BCUT2D eigenvalue weighted by molar-refractivity contribution is -0.131. The maximum Gasteiger partial charge on any atom is 0.224 e. The van der Waals surface area contributed by atoms with Gasteiger partial charge in [0.1, 0.15) is 11.3 Å². The number of imidazole rings is 1. The van der Waals surface area contributed by atoms with Gasteiger partial charge >= 0.3 is 0 Å². The van der Waals surface area contributed by atoms with E-state index in [1.807, 2.05) is 24.0 Å². The maximum absolute atomic E-state index is 12.1. The number of amides is 1. The van der Waals surface area contributed by atoms with Gasteiger partial charge in [0.25, 0.3) is 0 Å². The van der Waals surface area contributed by atoms with E-state index in [1.54, 1.807) is 13.3 Å². The molecule has 3 heterocycles. The van der Waals surface area contributed by atoms with Crippen molar-refractivity contribution in [3.63, 3.8) is 0 Å². The molecule has 1 fully saturated rings. The van der Waals surface area contributed by atoms with Crippen molar-refractivity contribution < 1.29 is 9.53 Å². The number of nitrogens with zero attached hydrogens (tertiary/aromatic N) is 4. The Hall–Kier alpha value is -1.95. The van der Waals surface area contributed by atoms with Crippen LogP contribution in [0.15, 0.2) is 18.3 Å². The largest absolute Gasteiger partial charge is 0.384 e. The highest BCUT2D eigenvalue weighted by Gasteiger charge is 2.29. The summed E-state index contributed by atoms with van der Waals surface area (Å²) in [5.74, 6) is 1.12. The molecular weight excluding hydrogens is 268 g/mol. The van der Waals surface area contributed by atoms with Crippen molar-refractivity contribution in [2.24, 2.45) is 0 Å². The monoisotopic (exact) mass is 288 g/mol. The molecule has 0 spiro atoms. The Morgan fingerprint density at radius 1 is 1.52 bits per heavy atom. The maximum atomic E-state index is 12.1. The van der Waals surface area contributed by atoms with Crippen molar-refractivity contribution in [3.8, 4) is 0 Å². The first kappa shape index (κ1) is 14.0. The van der Waals surface area contributed by atoms with E-state index in [4.69, 9.17) is 4.74 Å². The molecule has 1 atom stereocenters. The summed E-state index contributed by atoms with van der Waals surface area (Å²) >= 11 is 0. The van der Waals surface area contributed by atoms with Gasteiger partial charge in [-0.1, -0.05) is 0 Å². The first-order valence-corrected chi connectivity index (χ1v) is 7.27. The van der Waals surface area contributed by atoms with Crippen molar-refractivity contribution >= 4 is 17.1 Å². The SMILES string of the molecule is COCCC(=O)N1CC[C@H](n2c(C)nc3cccnc32)C1. The molecule has 1 saturated heterocycles. The van der Waals surface area contributed by atoms with Crippen LogP contribution < -0.4 is 0 Å². The van der Waals surface area contributed by atoms with E-state index in [9.17, 15) is 4.79 Å². The van der Waals surface area contributed by atoms with Crippen LogP contribution in [-0.4, -0.2) is 52.1 Å². The summed E-state index contributed by atoms with van der Waals surface area (Å²) in [6, 6.07) is 4.13. The van der Waals surface area contributed by atoms with E-state index in [-0.39, 0.29) is 11.9 Å². The van der Waals surface area contributed by atoms with Crippen LogP contribution in [0, 0.1) is 6.92 Å². The van der Waals surface area contributed by atoms with Gasteiger partial charge in [-0.15, -0.1) is 0 Å². The van der Waals surface area contributed by atoms with Gasteiger partial charge in [-0.3, -0.25) is 4.79 Å². The Bertz CT molecular complexity index is 652. The fraction of sp³-hybridized carbons (Fsp3) is 0.533. The van der Waals surface area contributed by atoms with Gasteiger partial charge < -0.3 is 14.2 Å². The van der Waals surface area contributed by atoms with E-state index in [0.29, 0.717) is 13.0 Å². The summed E-state index contributed by atoms with van der Waals surface area (Å²) in [6.07, 6.45) is 3.18. The van der Waals surface area contributed by atoms with E-state index >= 15 is 0 Å². The molecule has 112 valence electrons. The van der Waals surface area contributed by atoms with Gasteiger partial charge in [0.05, 0.1) is 19.1 Å². The van der Waals surface area contributed by atoms with Crippen LogP contribution in [0.5, 0.6) is 0 Å². The minimum absolute atomic E-state index is 0.161. The Kier molecular flexibility index (Phi) is 3.88. The van der Waals surface area contributed by atoms with Crippen molar-refractivity contribution in [1.82, 2.24) is 19.4 Å². The number of rotatable bonds is 4. The van der Waals surface area contributed by atoms with Gasteiger partial charge in [-0.25, -0.2) is 9.97 Å². The predicted molar refractivity (Wildman–Crippen MR) is 79.0 cm³/mol. The summed E-state index contributed by atoms with van der Waals surface area (Å²) < 4.78 is 7.14. The van der Waals surface area contributed by atoms with Crippen molar-refractivity contribution in [2.45, 2.75) is 25.8 Å². The number of likely N-dealkylation sites (tertiary alicyclic amines) is 1. The summed E-state index contributed by atoms with van der Waals surface area (Å²) in [4.78, 5) is 23.0. The molecule has 0 aromatic carbocycles. The van der Waals surface area contributed by atoms with Gasteiger partial charge in [-0.05, 0) is 25.5 Å². The molecule has 0 aliphatic carbocycles. The van der Waals surface area contributed by atoms with E-state index in [0.717, 1.165) is 36.5 Å². The zero-order chi connectivity index (χ0) is 14.8. The van der Waals surface area contributed by atoms with E-state index in [1.165, 1.54) is 0 Å². The van der Waals surface area contributed by atoms with E-state index < -0.39 is 0 Å². The molecule has 1 aliphatic rings. The molecule has 1 amide bonds. The molecule has 2 aromatic heterocycles. The number of hydrogen-bond acceptors (Lipinski definition) is 4. The number of methoxy groups -OCH3 is 1. The molecular formula is C15H20N4O2. The number of pyridine rings is 1. The molecule has 0 saturated carbocycles. The fourth-order valence-corrected chi connectivity index (χ4v) is 3.01. The summed E-state index contributed by atoms with van der Waals surface area (Å²) in [7, 11) is 1.62. The predicted octanol–water partition coefficient (Wildman–Crippen LogP) is 1.55. The van der Waals surface area contributed by atoms with E-state index in [2.05, 4.69) is 14.5 Å². The van der Waals surface area contributed by atoms with Crippen LogP contribution in [0.1, 0.15) is 24.7 Å². The number of fused-ring (bicyclic) bond motifs is 1. The van der Waals surface area contributed by atoms with Crippen LogP contribution in [0.2, 0.25) is 0 Å². The molecule has 0 N–H and O–H groups in total. The van der Waals surface area contributed by atoms with Crippen molar-refractivity contribution in [3.05, 3.63) is 24.2 Å². The molecule has 1 aliphatic heterocycles. The number of ether oxygens (including phenoxy) is 1. The average molecular weight is 288 g/mol. The van der Waals surface area contributed by atoms with Gasteiger partial charge in [-0.2, -0.15) is 0 Å². The second-order valence-corrected chi connectivity index (χ2v) is 5.40. The van der Waals surface area contributed by atoms with Crippen LogP contribution in [0.25, 0.3) is 11.2 Å². The number of hydrogen-bond donors (Lipinski definition) is 0. The molecule has 3 rings (SSSR count). The molecule has 0 unspecified atom stereocenters. The summed E-state index contributed by atoms with van der Waals surface area (Å²) in [6.45, 7) is 4.00. The van der Waals surface area contributed by atoms with Gasteiger partial charge in [0.15, 0.2) is 5.65 Å². The molecule has 6 nitrogen and oxygen atoms in total. The third kappa shape index (κ3) is 2.63. The highest BCUT2D eigenvalue weighted by atomic mass is 16.5. The minimum Gasteiger partial charge on any atom is -0.384 e. The third-order valence-corrected chi connectivity index (χ3v) is 4.03. The Labute approximate surface area is 123 Å².